The molecule has 21 heavy (non-hydrogen) atoms. The highest BCUT2D eigenvalue weighted by Crippen LogP contribution is 2.45. The van der Waals surface area contributed by atoms with E-state index in [9.17, 15) is 9.59 Å². The van der Waals surface area contributed by atoms with Gasteiger partial charge in [-0.15, -0.1) is 11.3 Å². The normalized spacial score (nSPS) is 21.0. The molecule has 5 heteroatoms. The summed E-state index contributed by atoms with van der Waals surface area (Å²) in [7, 11) is 0. The summed E-state index contributed by atoms with van der Waals surface area (Å²) < 4.78 is 5.05. The van der Waals surface area contributed by atoms with Crippen LogP contribution in [0.4, 0.5) is 5.69 Å². The fraction of sp³-hybridized carbons (Fsp3) is 0.250. The Morgan fingerprint density at radius 1 is 1.24 bits per heavy atom. The molecule has 2 aromatic rings. The van der Waals surface area contributed by atoms with Gasteiger partial charge in [-0.3, -0.25) is 9.59 Å². The molecular formula is C16H15NO3S. The summed E-state index contributed by atoms with van der Waals surface area (Å²) in [5, 5.41) is 1.95. The summed E-state index contributed by atoms with van der Waals surface area (Å²) in [4.78, 5) is 27.1. The number of esters is 1. The van der Waals surface area contributed by atoms with Crippen LogP contribution in [0.3, 0.4) is 0 Å². The first-order chi connectivity index (χ1) is 10.2. The van der Waals surface area contributed by atoms with E-state index in [0.717, 1.165) is 10.6 Å². The Labute approximate surface area is 127 Å². The van der Waals surface area contributed by atoms with E-state index >= 15 is 0 Å². The summed E-state index contributed by atoms with van der Waals surface area (Å²) in [5.41, 5.74) is 0.807. The van der Waals surface area contributed by atoms with E-state index in [0.29, 0.717) is 0 Å². The Morgan fingerprint density at radius 3 is 2.62 bits per heavy atom. The lowest BCUT2D eigenvalue weighted by Crippen LogP contribution is -2.58. The first-order valence-electron chi connectivity index (χ1n) is 6.82. The molecule has 0 N–H and O–H groups in total. The second-order valence-electron chi connectivity index (χ2n) is 4.73. The minimum atomic E-state index is -0.733. The molecule has 1 aliphatic heterocycles. The van der Waals surface area contributed by atoms with Gasteiger partial charge >= 0.3 is 5.97 Å². The SMILES string of the molecule is CCOC(=O)[C@@H]1C(=O)N(c2ccccc2)[C@H]1c1cccs1. The zero-order valence-corrected chi connectivity index (χ0v) is 12.4. The minimum Gasteiger partial charge on any atom is -0.465 e. The van der Waals surface area contributed by atoms with Crippen LogP contribution in [-0.2, 0) is 14.3 Å². The molecule has 1 fully saturated rings. The zero-order valence-electron chi connectivity index (χ0n) is 11.6. The first kappa shape index (κ1) is 13.8. The van der Waals surface area contributed by atoms with Crippen LogP contribution in [0.1, 0.15) is 17.8 Å². The fourth-order valence-electron chi connectivity index (χ4n) is 2.58. The molecule has 1 saturated heterocycles. The third-order valence-electron chi connectivity index (χ3n) is 3.51. The van der Waals surface area contributed by atoms with E-state index in [1.165, 1.54) is 0 Å². The molecule has 1 aromatic heterocycles. The maximum Gasteiger partial charge on any atom is 0.321 e. The molecule has 2 atom stereocenters. The van der Waals surface area contributed by atoms with Crippen LogP contribution >= 0.6 is 11.3 Å². The summed E-state index contributed by atoms with van der Waals surface area (Å²) in [5.74, 6) is -1.37. The van der Waals surface area contributed by atoms with Crippen LogP contribution < -0.4 is 4.90 Å². The van der Waals surface area contributed by atoms with Gasteiger partial charge in [-0.2, -0.15) is 0 Å². The van der Waals surface area contributed by atoms with Crippen molar-refractivity contribution < 1.29 is 14.3 Å². The van der Waals surface area contributed by atoms with Crippen molar-refractivity contribution in [2.24, 2.45) is 5.92 Å². The molecule has 0 spiro atoms. The van der Waals surface area contributed by atoms with Crippen molar-refractivity contribution in [1.29, 1.82) is 0 Å². The molecule has 1 aliphatic rings. The Hall–Kier alpha value is -2.14. The number of carbonyl (C=O) groups is 2. The number of anilines is 1. The summed E-state index contributed by atoms with van der Waals surface area (Å²) in [6.45, 7) is 2.03. The van der Waals surface area contributed by atoms with Gasteiger partial charge in [0, 0.05) is 10.6 Å². The van der Waals surface area contributed by atoms with Crippen LogP contribution in [-0.4, -0.2) is 18.5 Å². The fourth-order valence-corrected chi connectivity index (χ4v) is 3.43. The van der Waals surface area contributed by atoms with Gasteiger partial charge in [0.25, 0.3) is 0 Å². The smallest absolute Gasteiger partial charge is 0.321 e. The molecule has 0 unspecified atom stereocenters. The number of para-hydroxylation sites is 1. The molecule has 3 rings (SSSR count). The van der Waals surface area contributed by atoms with Crippen molar-refractivity contribution in [3.8, 4) is 0 Å². The number of ether oxygens (including phenoxy) is 1. The van der Waals surface area contributed by atoms with Crippen LogP contribution in [0.25, 0.3) is 0 Å². The molecular weight excluding hydrogens is 286 g/mol. The lowest BCUT2D eigenvalue weighted by Gasteiger charge is -2.45. The van der Waals surface area contributed by atoms with Gasteiger partial charge in [-0.25, -0.2) is 0 Å². The van der Waals surface area contributed by atoms with Crippen molar-refractivity contribution in [2.75, 3.05) is 11.5 Å². The molecule has 108 valence electrons. The Bertz CT molecular complexity index is 639. The summed E-state index contributed by atoms with van der Waals surface area (Å²) >= 11 is 1.54. The predicted molar refractivity (Wildman–Crippen MR) is 81.1 cm³/mol. The van der Waals surface area contributed by atoms with Crippen molar-refractivity contribution >= 4 is 28.9 Å². The average molecular weight is 301 g/mol. The number of hydrogen-bond donors (Lipinski definition) is 0. The topological polar surface area (TPSA) is 46.6 Å². The van der Waals surface area contributed by atoms with E-state index in [2.05, 4.69) is 0 Å². The van der Waals surface area contributed by atoms with E-state index in [1.807, 2.05) is 47.8 Å². The number of rotatable bonds is 4. The van der Waals surface area contributed by atoms with Crippen molar-refractivity contribution in [2.45, 2.75) is 13.0 Å². The van der Waals surface area contributed by atoms with Gasteiger partial charge in [0.2, 0.25) is 5.91 Å². The van der Waals surface area contributed by atoms with Gasteiger partial charge < -0.3 is 9.64 Å². The number of β-lactam (4-membered cyclic amide) rings is 1. The first-order valence-corrected chi connectivity index (χ1v) is 7.70. The lowest BCUT2D eigenvalue weighted by molar-refractivity contribution is -0.157. The molecule has 1 amide bonds. The molecule has 0 saturated carbocycles. The van der Waals surface area contributed by atoms with Crippen molar-refractivity contribution in [1.82, 2.24) is 0 Å². The van der Waals surface area contributed by atoms with Crippen molar-refractivity contribution in [3.63, 3.8) is 0 Å². The number of benzene rings is 1. The number of nitrogens with zero attached hydrogens (tertiary/aromatic N) is 1. The summed E-state index contributed by atoms with van der Waals surface area (Å²) in [6.07, 6.45) is 0. The van der Waals surface area contributed by atoms with Gasteiger partial charge in [0.15, 0.2) is 5.92 Å². The third-order valence-corrected chi connectivity index (χ3v) is 4.45. The molecule has 0 radical (unpaired) electrons. The van der Waals surface area contributed by atoms with Gasteiger partial charge in [0.1, 0.15) is 0 Å². The van der Waals surface area contributed by atoms with Gasteiger partial charge in [-0.05, 0) is 30.5 Å². The lowest BCUT2D eigenvalue weighted by atomic mass is 9.85. The standard InChI is InChI=1S/C16H15NO3S/c1-2-20-16(19)13-14(12-9-6-10-21-12)17(15(13)18)11-7-4-3-5-8-11/h3-10,13-14H,2H2,1H3/t13-,14-/m0/s1. The van der Waals surface area contributed by atoms with E-state index < -0.39 is 11.9 Å². The maximum atomic E-state index is 12.4. The highest BCUT2D eigenvalue weighted by molar-refractivity contribution is 7.10. The Kier molecular flexibility index (Phi) is 3.75. The van der Waals surface area contributed by atoms with E-state index in [1.54, 1.807) is 23.2 Å². The predicted octanol–water partition coefficient (Wildman–Crippen LogP) is 3.02. The van der Waals surface area contributed by atoms with Crippen molar-refractivity contribution in [3.05, 3.63) is 52.7 Å². The largest absolute Gasteiger partial charge is 0.465 e. The average Bonchev–Trinajstić information content (AvgIpc) is 2.99. The molecule has 2 heterocycles. The van der Waals surface area contributed by atoms with Gasteiger partial charge in [-0.1, -0.05) is 24.3 Å². The second kappa shape index (κ2) is 5.69. The molecule has 0 bridgehead atoms. The Balaban J connectivity index is 1.94. The Morgan fingerprint density at radius 2 is 2.00 bits per heavy atom. The molecule has 0 aliphatic carbocycles. The number of carbonyl (C=O) groups excluding carboxylic acids is 2. The van der Waals surface area contributed by atoms with E-state index in [4.69, 9.17) is 4.74 Å². The molecule has 4 nitrogen and oxygen atoms in total. The van der Waals surface area contributed by atoms with Crippen LogP contribution in [0, 0.1) is 5.92 Å². The minimum absolute atomic E-state index is 0.196. The van der Waals surface area contributed by atoms with E-state index in [-0.39, 0.29) is 18.6 Å². The third kappa shape index (κ3) is 2.34. The monoisotopic (exact) mass is 301 g/mol. The zero-order chi connectivity index (χ0) is 14.8. The molecule has 1 aromatic carbocycles. The highest BCUT2D eigenvalue weighted by Gasteiger charge is 2.54. The number of amides is 1. The quantitative estimate of drug-likeness (QED) is 0.495. The van der Waals surface area contributed by atoms with Crippen LogP contribution in [0.2, 0.25) is 0 Å². The number of thiophene rings is 1. The van der Waals surface area contributed by atoms with Crippen LogP contribution in [0.5, 0.6) is 0 Å². The second-order valence-corrected chi connectivity index (χ2v) is 5.71. The van der Waals surface area contributed by atoms with Crippen LogP contribution in [0.15, 0.2) is 47.8 Å². The maximum absolute atomic E-state index is 12.4. The highest BCUT2D eigenvalue weighted by atomic mass is 32.1. The summed E-state index contributed by atoms with van der Waals surface area (Å²) in [6, 6.07) is 13.0. The number of hydrogen-bond acceptors (Lipinski definition) is 4. The van der Waals surface area contributed by atoms with Gasteiger partial charge in [0.05, 0.1) is 12.6 Å².